The number of benzene rings is 2. The number of thiocarbonyl (C=S) groups is 1. The van der Waals surface area contributed by atoms with Gasteiger partial charge in [-0.3, -0.25) is 0 Å². The van der Waals surface area contributed by atoms with Gasteiger partial charge in [0.2, 0.25) is 0 Å². The summed E-state index contributed by atoms with van der Waals surface area (Å²) in [6.07, 6.45) is 3.61. The first kappa shape index (κ1) is 17.4. The summed E-state index contributed by atoms with van der Waals surface area (Å²) in [5, 5.41) is 0. The predicted octanol–water partition coefficient (Wildman–Crippen LogP) is 4.08. The summed E-state index contributed by atoms with van der Waals surface area (Å²) in [4.78, 5) is 15.3. The van der Waals surface area contributed by atoms with Crippen LogP contribution in [0.25, 0.3) is 0 Å². The highest BCUT2D eigenvalue weighted by Crippen LogP contribution is 2.20. The van der Waals surface area contributed by atoms with E-state index in [1.165, 1.54) is 19.3 Å². The van der Waals surface area contributed by atoms with Crippen LogP contribution in [-0.4, -0.2) is 36.1 Å². The van der Waals surface area contributed by atoms with Gasteiger partial charge in [-0.25, -0.2) is 4.79 Å². The van der Waals surface area contributed by atoms with Crippen molar-refractivity contribution in [2.75, 3.05) is 20.2 Å². The molecule has 1 aliphatic heterocycles. The van der Waals surface area contributed by atoms with Crippen LogP contribution < -0.4 is 9.47 Å². The second-order valence-electron chi connectivity index (χ2n) is 6.00. The molecule has 0 aromatic heterocycles. The van der Waals surface area contributed by atoms with Crippen molar-refractivity contribution >= 4 is 23.2 Å². The second-order valence-corrected chi connectivity index (χ2v) is 6.39. The Kier molecular flexibility index (Phi) is 5.66. The van der Waals surface area contributed by atoms with E-state index in [1.54, 1.807) is 37.4 Å². The highest BCUT2D eigenvalue weighted by molar-refractivity contribution is 7.80. The molecule has 1 aliphatic rings. The molecule has 0 unspecified atom stereocenters. The summed E-state index contributed by atoms with van der Waals surface area (Å²) >= 11 is 5.61. The number of methoxy groups -OCH3 is 1. The number of carbonyl (C=O) groups is 1. The number of nitrogens with zero attached hydrogens (tertiary/aromatic N) is 1. The highest BCUT2D eigenvalue weighted by Gasteiger charge is 2.16. The van der Waals surface area contributed by atoms with Crippen LogP contribution in [0.2, 0.25) is 0 Å². The van der Waals surface area contributed by atoms with Crippen LogP contribution in [0.5, 0.6) is 11.5 Å². The molecule has 0 atom stereocenters. The van der Waals surface area contributed by atoms with Crippen molar-refractivity contribution in [3.63, 3.8) is 0 Å². The summed E-state index contributed by atoms with van der Waals surface area (Å²) in [5.41, 5.74) is 1.39. The molecule has 0 aliphatic carbocycles. The summed E-state index contributed by atoms with van der Waals surface area (Å²) in [6.45, 7) is 1.99. The first-order valence-electron chi connectivity index (χ1n) is 8.43. The molecule has 0 amide bonds. The van der Waals surface area contributed by atoms with E-state index >= 15 is 0 Å². The maximum Gasteiger partial charge on any atom is 0.343 e. The van der Waals surface area contributed by atoms with E-state index in [9.17, 15) is 4.79 Å². The Morgan fingerprint density at radius 2 is 1.68 bits per heavy atom. The van der Waals surface area contributed by atoms with Gasteiger partial charge in [-0.1, -0.05) is 24.4 Å². The second kappa shape index (κ2) is 8.12. The van der Waals surface area contributed by atoms with E-state index in [2.05, 4.69) is 4.90 Å². The van der Waals surface area contributed by atoms with E-state index in [0.29, 0.717) is 17.1 Å². The molecule has 1 fully saturated rings. The fourth-order valence-corrected chi connectivity index (χ4v) is 3.17. The normalized spacial score (nSPS) is 14.0. The molecule has 3 rings (SSSR count). The number of rotatable bonds is 4. The summed E-state index contributed by atoms with van der Waals surface area (Å²) < 4.78 is 10.6. The molecule has 0 spiro atoms. The van der Waals surface area contributed by atoms with Crippen molar-refractivity contribution in [3.05, 3.63) is 59.7 Å². The van der Waals surface area contributed by atoms with Gasteiger partial charge in [-0.05, 0) is 55.7 Å². The maximum atomic E-state index is 12.3. The fraction of sp³-hybridized carbons (Fsp3) is 0.300. The average Bonchev–Trinajstić information content (AvgIpc) is 2.68. The number of hydrogen-bond acceptors (Lipinski definition) is 4. The third-order valence-electron chi connectivity index (χ3n) is 4.26. The van der Waals surface area contributed by atoms with Gasteiger partial charge in [0.1, 0.15) is 16.5 Å². The minimum atomic E-state index is -0.399. The zero-order valence-corrected chi connectivity index (χ0v) is 15.1. The number of carbonyl (C=O) groups excluding carboxylic acids is 1. The Morgan fingerprint density at radius 1 is 0.960 bits per heavy atom. The van der Waals surface area contributed by atoms with Gasteiger partial charge in [-0.15, -0.1) is 0 Å². The molecule has 25 heavy (non-hydrogen) atoms. The third kappa shape index (κ3) is 4.37. The Bertz CT molecular complexity index is 752. The molecule has 130 valence electrons. The van der Waals surface area contributed by atoms with Crippen molar-refractivity contribution in [1.29, 1.82) is 0 Å². The van der Waals surface area contributed by atoms with Gasteiger partial charge in [0.25, 0.3) is 0 Å². The molecule has 1 saturated heterocycles. The molecular formula is C20H21NO3S. The standard InChI is InChI=1S/C20H21NO3S/c1-23-17-10-8-15(9-11-17)20(22)24-18-7-5-6-16(14-18)19(25)21-12-3-2-4-13-21/h5-11,14H,2-4,12-13H2,1H3. The summed E-state index contributed by atoms with van der Waals surface area (Å²) in [7, 11) is 1.59. The number of likely N-dealkylation sites (tertiary alicyclic amines) is 1. The lowest BCUT2D eigenvalue weighted by molar-refractivity contribution is 0.0734. The molecule has 2 aromatic rings. The van der Waals surface area contributed by atoms with Crippen molar-refractivity contribution in [2.24, 2.45) is 0 Å². The van der Waals surface area contributed by atoms with E-state index in [-0.39, 0.29) is 0 Å². The number of piperidine rings is 1. The Labute approximate surface area is 153 Å². The van der Waals surface area contributed by atoms with Gasteiger partial charge >= 0.3 is 5.97 Å². The average molecular weight is 355 g/mol. The van der Waals surface area contributed by atoms with Crippen molar-refractivity contribution < 1.29 is 14.3 Å². The van der Waals surface area contributed by atoms with E-state index in [4.69, 9.17) is 21.7 Å². The zero-order chi connectivity index (χ0) is 17.6. The van der Waals surface area contributed by atoms with Gasteiger partial charge in [0, 0.05) is 18.7 Å². The van der Waals surface area contributed by atoms with Gasteiger partial charge in [-0.2, -0.15) is 0 Å². The monoisotopic (exact) mass is 355 g/mol. The lowest BCUT2D eigenvalue weighted by Crippen LogP contribution is -2.34. The van der Waals surface area contributed by atoms with E-state index in [1.807, 2.05) is 18.2 Å². The molecule has 0 saturated carbocycles. The molecule has 0 bridgehead atoms. The lowest BCUT2D eigenvalue weighted by atomic mass is 10.1. The minimum absolute atomic E-state index is 0.399. The number of hydrogen-bond donors (Lipinski definition) is 0. The van der Waals surface area contributed by atoms with Gasteiger partial charge in [0.05, 0.1) is 12.7 Å². The first-order chi connectivity index (χ1) is 12.2. The molecular weight excluding hydrogens is 334 g/mol. The number of ether oxygens (including phenoxy) is 2. The quantitative estimate of drug-likeness (QED) is 0.469. The number of esters is 1. The zero-order valence-electron chi connectivity index (χ0n) is 14.2. The van der Waals surface area contributed by atoms with Crippen molar-refractivity contribution in [2.45, 2.75) is 19.3 Å². The summed E-state index contributed by atoms with van der Waals surface area (Å²) in [5.74, 6) is 0.798. The fourth-order valence-electron chi connectivity index (χ4n) is 2.87. The first-order valence-corrected chi connectivity index (χ1v) is 8.84. The highest BCUT2D eigenvalue weighted by atomic mass is 32.1. The largest absolute Gasteiger partial charge is 0.497 e. The van der Waals surface area contributed by atoms with Crippen LogP contribution in [0.1, 0.15) is 35.2 Å². The van der Waals surface area contributed by atoms with Crippen molar-refractivity contribution in [1.82, 2.24) is 4.90 Å². The van der Waals surface area contributed by atoms with E-state index < -0.39 is 5.97 Å². The van der Waals surface area contributed by atoms with Crippen molar-refractivity contribution in [3.8, 4) is 11.5 Å². The van der Waals surface area contributed by atoms with Gasteiger partial charge < -0.3 is 14.4 Å². The lowest BCUT2D eigenvalue weighted by Gasteiger charge is -2.29. The molecule has 0 radical (unpaired) electrons. The molecule has 5 heteroatoms. The summed E-state index contributed by atoms with van der Waals surface area (Å²) in [6, 6.07) is 14.3. The van der Waals surface area contributed by atoms with Gasteiger partial charge in [0.15, 0.2) is 0 Å². The van der Waals surface area contributed by atoms with Crippen LogP contribution >= 0.6 is 12.2 Å². The smallest absolute Gasteiger partial charge is 0.343 e. The Morgan fingerprint density at radius 3 is 2.36 bits per heavy atom. The van der Waals surface area contributed by atoms with E-state index in [0.717, 1.165) is 23.6 Å². The van der Waals surface area contributed by atoms with Crippen LogP contribution in [0, 0.1) is 0 Å². The molecule has 4 nitrogen and oxygen atoms in total. The predicted molar refractivity (Wildman–Crippen MR) is 102 cm³/mol. The minimum Gasteiger partial charge on any atom is -0.497 e. The van der Waals surface area contributed by atoms with Crippen LogP contribution in [0.15, 0.2) is 48.5 Å². The topological polar surface area (TPSA) is 38.8 Å². The molecule has 1 heterocycles. The third-order valence-corrected chi connectivity index (χ3v) is 4.75. The SMILES string of the molecule is COc1ccc(C(=O)Oc2cccc(C(=S)N3CCCCC3)c2)cc1. The maximum absolute atomic E-state index is 12.3. The van der Waals surface area contributed by atoms with Crippen LogP contribution in [-0.2, 0) is 0 Å². The Balaban J connectivity index is 1.70. The molecule has 0 N–H and O–H groups in total. The molecule has 2 aromatic carbocycles. The van der Waals surface area contributed by atoms with Crippen LogP contribution in [0.3, 0.4) is 0 Å². The Hall–Kier alpha value is -2.40. The van der Waals surface area contributed by atoms with Crippen LogP contribution in [0.4, 0.5) is 0 Å².